The number of benzene rings is 1. The van der Waals surface area contributed by atoms with E-state index >= 15 is 0 Å². The Kier molecular flexibility index (Phi) is 5.25. The summed E-state index contributed by atoms with van der Waals surface area (Å²) in [5.41, 5.74) is 1.05. The van der Waals surface area contributed by atoms with Crippen molar-refractivity contribution in [1.29, 1.82) is 0 Å². The molecular weight excluding hydrogens is 246 g/mol. The van der Waals surface area contributed by atoms with Crippen molar-refractivity contribution < 1.29 is 8.42 Å². The first-order valence-electron chi connectivity index (χ1n) is 5.24. The van der Waals surface area contributed by atoms with Crippen LogP contribution in [0.5, 0.6) is 0 Å². The van der Waals surface area contributed by atoms with E-state index in [-0.39, 0.29) is 0 Å². The van der Waals surface area contributed by atoms with Gasteiger partial charge in [0.1, 0.15) is 0 Å². The molecule has 0 aliphatic heterocycles. The molecule has 1 N–H and O–H groups in total. The number of halogens is 1. The monoisotopic (exact) mass is 261 g/mol. The average molecular weight is 262 g/mol. The molecule has 1 aromatic rings. The van der Waals surface area contributed by atoms with E-state index in [0.29, 0.717) is 17.3 Å². The van der Waals surface area contributed by atoms with Gasteiger partial charge in [0, 0.05) is 12.4 Å². The molecule has 0 aliphatic rings. The van der Waals surface area contributed by atoms with E-state index < -0.39 is 10.0 Å². The Labute approximate surface area is 102 Å². The van der Waals surface area contributed by atoms with Crippen LogP contribution < -0.4 is 4.72 Å². The fraction of sp³-hybridized carbons (Fsp3) is 0.455. The van der Waals surface area contributed by atoms with E-state index in [0.717, 1.165) is 18.4 Å². The van der Waals surface area contributed by atoms with Gasteiger partial charge in [0.15, 0.2) is 0 Å². The van der Waals surface area contributed by atoms with Gasteiger partial charge >= 0.3 is 0 Å². The number of hydrogen-bond acceptors (Lipinski definition) is 2. The highest BCUT2D eigenvalue weighted by Gasteiger charge is 2.11. The Balaban J connectivity index is 2.80. The zero-order valence-electron chi connectivity index (χ0n) is 9.24. The minimum Gasteiger partial charge on any atom is -0.211 e. The number of aryl methyl sites for hydroxylation is 1. The van der Waals surface area contributed by atoms with E-state index in [1.165, 1.54) is 0 Å². The lowest BCUT2D eigenvalue weighted by molar-refractivity contribution is 0.581. The molecule has 90 valence electrons. The van der Waals surface area contributed by atoms with Crippen LogP contribution >= 0.6 is 11.6 Å². The first-order valence-corrected chi connectivity index (χ1v) is 7.26. The maximum Gasteiger partial charge on any atom is 0.240 e. The van der Waals surface area contributed by atoms with Gasteiger partial charge < -0.3 is 0 Å². The Morgan fingerprint density at radius 2 is 1.88 bits per heavy atom. The molecule has 16 heavy (non-hydrogen) atoms. The van der Waals surface area contributed by atoms with Gasteiger partial charge in [-0.2, -0.15) is 0 Å². The van der Waals surface area contributed by atoms with Crippen molar-refractivity contribution in [1.82, 2.24) is 4.72 Å². The Morgan fingerprint density at radius 3 is 2.38 bits per heavy atom. The molecule has 0 fully saturated rings. The van der Waals surface area contributed by atoms with Crippen molar-refractivity contribution in [2.24, 2.45) is 0 Å². The van der Waals surface area contributed by atoms with Gasteiger partial charge in [-0.05, 0) is 30.5 Å². The van der Waals surface area contributed by atoms with Crippen molar-refractivity contribution in [2.45, 2.75) is 24.7 Å². The van der Waals surface area contributed by atoms with Crippen LogP contribution in [0.4, 0.5) is 0 Å². The predicted octanol–water partition coefficient (Wildman–Crippen LogP) is 2.16. The second-order valence-corrected chi connectivity index (χ2v) is 5.63. The largest absolute Gasteiger partial charge is 0.240 e. The number of hydrogen-bond donors (Lipinski definition) is 1. The van der Waals surface area contributed by atoms with Crippen molar-refractivity contribution in [3.05, 3.63) is 29.8 Å². The lowest BCUT2D eigenvalue weighted by Crippen LogP contribution is -2.24. The smallest absolute Gasteiger partial charge is 0.211 e. The number of alkyl halides is 1. The molecule has 0 saturated carbocycles. The maximum absolute atomic E-state index is 11.7. The molecule has 0 bridgehead atoms. The molecule has 0 spiro atoms. The van der Waals surface area contributed by atoms with E-state index in [9.17, 15) is 8.42 Å². The number of rotatable bonds is 6. The molecule has 0 heterocycles. The third-order valence-corrected chi connectivity index (χ3v) is 3.82. The predicted molar refractivity (Wildman–Crippen MR) is 66.3 cm³/mol. The molecule has 0 amide bonds. The summed E-state index contributed by atoms with van der Waals surface area (Å²) in [7, 11) is -3.34. The molecule has 1 rings (SSSR count). The van der Waals surface area contributed by atoms with Crippen LogP contribution in [-0.4, -0.2) is 20.8 Å². The van der Waals surface area contributed by atoms with Crippen molar-refractivity contribution >= 4 is 21.6 Å². The van der Waals surface area contributed by atoms with Gasteiger partial charge in [-0.25, -0.2) is 13.1 Å². The first kappa shape index (κ1) is 13.5. The summed E-state index contributed by atoms with van der Waals surface area (Å²) in [4.78, 5) is 0.305. The highest BCUT2D eigenvalue weighted by Crippen LogP contribution is 2.11. The molecular formula is C11H16ClNO2S. The van der Waals surface area contributed by atoms with Gasteiger partial charge in [-0.3, -0.25) is 0 Å². The third kappa shape index (κ3) is 3.77. The van der Waals surface area contributed by atoms with Crippen LogP contribution in [-0.2, 0) is 16.4 Å². The summed E-state index contributed by atoms with van der Waals surface area (Å²) in [6.07, 6.45) is 1.54. The third-order valence-electron chi connectivity index (χ3n) is 2.16. The summed E-state index contributed by atoms with van der Waals surface area (Å²) in [5.74, 6) is 0.542. The van der Waals surface area contributed by atoms with Crippen LogP contribution in [0.2, 0.25) is 0 Å². The Hall–Kier alpha value is -0.580. The number of nitrogens with one attached hydrogen (secondary N) is 1. The van der Waals surface area contributed by atoms with Crippen LogP contribution in [0.1, 0.15) is 18.9 Å². The second kappa shape index (κ2) is 6.23. The zero-order valence-corrected chi connectivity index (χ0v) is 10.8. The van der Waals surface area contributed by atoms with Crippen LogP contribution in [0.3, 0.4) is 0 Å². The van der Waals surface area contributed by atoms with Crippen molar-refractivity contribution in [2.75, 3.05) is 12.4 Å². The fourth-order valence-electron chi connectivity index (χ4n) is 1.26. The summed E-state index contributed by atoms with van der Waals surface area (Å²) < 4.78 is 26.0. The minimum absolute atomic E-state index is 0.305. The van der Waals surface area contributed by atoms with E-state index in [1.54, 1.807) is 24.3 Å². The lowest BCUT2D eigenvalue weighted by atomic mass is 10.2. The minimum atomic E-state index is -3.34. The summed E-state index contributed by atoms with van der Waals surface area (Å²) >= 11 is 5.60. The molecule has 3 nitrogen and oxygen atoms in total. The van der Waals surface area contributed by atoms with E-state index in [4.69, 9.17) is 11.6 Å². The van der Waals surface area contributed by atoms with Crippen LogP contribution in [0.25, 0.3) is 0 Å². The van der Waals surface area contributed by atoms with Crippen molar-refractivity contribution in [3.63, 3.8) is 0 Å². The highest BCUT2D eigenvalue weighted by molar-refractivity contribution is 7.89. The molecule has 0 aliphatic carbocycles. The zero-order chi connectivity index (χ0) is 12.0. The first-order chi connectivity index (χ1) is 7.60. The summed E-state index contributed by atoms with van der Waals surface area (Å²) in [5, 5.41) is 0. The van der Waals surface area contributed by atoms with E-state index in [2.05, 4.69) is 4.72 Å². The molecule has 0 radical (unpaired) electrons. The SMILES string of the molecule is CCCNS(=O)(=O)c1ccc(CCCl)cc1. The van der Waals surface area contributed by atoms with Crippen LogP contribution in [0.15, 0.2) is 29.2 Å². The molecule has 5 heteroatoms. The van der Waals surface area contributed by atoms with Gasteiger partial charge in [0.05, 0.1) is 4.90 Å². The quantitative estimate of drug-likeness (QED) is 0.798. The van der Waals surface area contributed by atoms with Gasteiger partial charge in [0.2, 0.25) is 10.0 Å². The van der Waals surface area contributed by atoms with Gasteiger partial charge in [-0.1, -0.05) is 19.1 Å². The van der Waals surface area contributed by atoms with Crippen molar-refractivity contribution in [3.8, 4) is 0 Å². The lowest BCUT2D eigenvalue weighted by Gasteiger charge is -2.06. The summed E-state index contributed by atoms with van der Waals surface area (Å²) in [6.45, 7) is 2.39. The fourth-order valence-corrected chi connectivity index (χ4v) is 2.62. The standard InChI is InChI=1S/C11H16ClNO2S/c1-2-9-13-16(14,15)11-5-3-10(4-6-11)7-8-12/h3-6,13H,2,7-9H2,1H3. The molecule has 0 atom stereocenters. The van der Waals surface area contributed by atoms with Gasteiger partial charge in [-0.15, -0.1) is 11.6 Å². The second-order valence-electron chi connectivity index (χ2n) is 3.48. The molecule has 0 aromatic heterocycles. The highest BCUT2D eigenvalue weighted by atomic mass is 35.5. The Morgan fingerprint density at radius 1 is 1.25 bits per heavy atom. The normalized spacial score (nSPS) is 11.6. The summed E-state index contributed by atoms with van der Waals surface area (Å²) in [6, 6.07) is 6.81. The average Bonchev–Trinajstić information content (AvgIpc) is 2.28. The molecule has 1 aromatic carbocycles. The Bertz CT molecular complexity index is 414. The van der Waals surface area contributed by atoms with Crippen LogP contribution in [0, 0.1) is 0 Å². The topological polar surface area (TPSA) is 46.2 Å². The maximum atomic E-state index is 11.7. The number of sulfonamides is 1. The van der Waals surface area contributed by atoms with E-state index in [1.807, 2.05) is 6.92 Å². The van der Waals surface area contributed by atoms with Gasteiger partial charge in [0.25, 0.3) is 0 Å². The molecule has 0 unspecified atom stereocenters. The molecule has 0 saturated heterocycles.